The van der Waals surface area contributed by atoms with E-state index in [2.05, 4.69) is 9.88 Å². The molecule has 1 amide bonds. The number of nitrogens with zero attached hydrogens (tertiary/aromatic N) is 5. The molecule has 8 heteroatoms. The van der Waals surface area contributed by atoms with E-state index in [1.165, 1.54) is 12.1 Å². The van der Waals surface area contributed by atoms with Gasteiger partial charge in [0.05, 0.1) is 5.69 Å². The molecule has 0 radical (unpaired) electrons. The van der Waals surface area contributed by atoms with Gasteiger partial charge in [-0.05, 0) is 62.7 Å². The molecule has 0 bridgehead atoms. The first-order chi connectivity index (χ1) is 14.8. The van der Waals surface area contributed by atoms with Crippen molar-refractivity contribution in [1.29, 1.82) is 0 Å². The van der Waals surface area contributed by atoms with E-state index < -0.39 is 5.60 Å². The van der Waals surface area contributed by atoms with Crippen molar-refractivity contribution in [1.82, 2.24) is 19.7 Å². The van der Waals surface area contributed by atoms with E-state index in [1.54, 1.807) is 34.1 Å². The van der Waals surface area contributed by atoms with Crippen molar-refractivity contribution in [2.45, 2.75) is 26.4 Å². The standard InChI is InChI=1S/C23H26FN5O2/c1-23(2,3)31-22(30)28-14-12-27(13-15-28)21-20(17-8-10-25-11-9-17)16-29(26-21)19-6-4-18(24)5-7-19/h4-11,16H,12-15H2,1-3H3. The summed E-state index contributed by atoms with van der Waals surface area (Å²) >= 11 is 0. The quantitative estimate of drug-likeness (QED) is 0.634. The zero-order valence-electron chi connectivity index (χ0n) is 18.0. The number of pyridine rings is 1. The van der Waals surface area contributed by atoms with Gasteiger partial charge in [0.25, 0.3) is 0 Å². The second kappa shape index (κ2) is 8.37. The summed E-state index contributed by atoms with van der Waals surface area (Å²) in [5, 5.41) is 4.80. The molecule has 0 unspecified atom stereocenters. The molecule has 162 valence electrons. The number of carbonyl (C=O) groups is 1. The molecular formula is C23H26FN5O2. The first kappa shape index (κ1) is 20.8. The molecule has 1 saturated heterocycles. The van der Waals surface area contributed by atoms with E-state index in [0.29, 0.717) is 26.2 Å². The van der Waals surface area contributed by atoms with Crippen LogP contribution in [0.15, 0.2) is 55.0 Å². The lowest BCUT2D eigenvalue weighted by Crippen LogP contribution is -2.50. The van der Waals surface area contributed by atoms with Crippen molar-refractivity contribution >= 4 is 11.9 Å². The van der Waals surface area contributed by atoms with Gasteiger partial charge in [0.2, 0.25) is 0 Å². The van der Waals surface area contributed by atoms with Crippen molar-refractivity contribution in [2.75, 3.05) is 31.1 Å². The van der Waals surface area contributed by atoms with E-state index in [0.717, 1.165) is 22.6 Å². The lowest BCUT2D eigenvalue weighted by Gasteiger charge is -2.36. The van der Waals surface area contributed by atoms with Gasteiger partial charge in [-0.15, -0.1) is 5.10 Å². The Labute approximate surface area is 181 Å². The van der Waals surface area contributed by atoms with Gasteiger partial charge in [-0.3, -0.25) is 4.98 Å². The van der Waals surface area contributed by atoms with Crippen molar-refractivity contribution in [3.05, 3.63) is 60.8 Å². The Bertz CT molecular complexity index is 1040. The molecule has 3 aromatic rings. The van der Waals surface area contributed by atoms with Gasteiger partial charge in [-0.2, -0.15) is 0 Å². The monoisotopic (exact) mass is 423 g/mol. The molecule has 0 spiro atoms. The highest BCUT2D eigenvalue weighted by Crippen LogP contribution is 2.31. The van der Waals surface area contributed by atoms with Gasteiger partial charge in [0.15, 0.2) is 5.82 Å². The van der Waals surface area contributed by atoms with Crippen LogP contribution in [-0.2, 0) is 4.74 Å². The van der Waals surface area contributed by atoms with E-state index in [1.807, 2.05) is 39.1 Å². The Morgan fingerprint density at radius 3 is 2.26 bits per heavy atom. The van der Waals surface area contributed by atoms with Gasteiger partial charge < -0.3 is 14.5 Å². The highest BCUT2D eigenvalue weighted by Gasteiger charge is 2.28. The summed E-state index contributed by atoms with van der Waals surface area (Å²) in [5.74, 6) is 0.531. The minimum Gasteiger partial charge on any atom is -0.444 e. The first-order valence-corrected chi connectivity index (χ1v) is 10.3. The molecule has 1 aliphatic heterocycles. The molecule has 1 fully saturated rings. The second-order valence-corrected chi connectivity index (χ2v) is 8.48. The number of halogens is 1. The van der Waals surface area contributed by atoms with E-state index >= 15 is 0 Å². The third kappa shape index (κ3) is 4.84. The van der Waals surface area contributed by atoms with Crippen LogP contribution in [0.2, 0.25) is 0 Å². The minimum absolute atomic E-state index is 0.288. The van der Waals surface area contributed by atoms with Gasteiger partial charge in [-0.25, -0.2) is 13.9 Å². The molecule has 7 nitrogen and oxygen atoms in total. The number of aromatic nitrogens is 3. The minimum atomic E-state index is -0.517. The van der Waals surface area contributed by atoms with Gasteiger partial charge >= 0.3 is 6.09 Å². The smallest absolute Gasteiger partial charge is 0.410 e. The maximum atomic E-state index is 13.4. The van der Waals surface area contributed by atoms with Crippen LogP contribution >= 0.6 is 0 Å². The largest absolute Gasteiger partial charge is 0.444 e. The summed E-state index contributed by atoms with van der Waals surface area (Å²) in [6, 6.07) is 10.1. The number of benzene rings is 1. The highest BCUT2D eigenvalue weighted by atomic mass is 19.1. The summed E-state index contributed by atoms with van der Waals surface area (Å²) in [7, 11) is 0. The Hall–Kier alpha value is -3.42. The third-order valence-electron chi connectivity index (χ3n) is 5.01. The summed E-state index contributed by atoms with van der Waals surface area (Å²) in [5.41, 5.74) is 2.21. The van der Waals surface area contributed by atoms with Crippen LogP contribution in [0.1, 0.15) is 20.8 Å². The lowest BCUT2D eigenvalue weighted by molar-refractivity contribution is 0.0240. The van der Waals surface area contributed by atoms with Crippen molar-refractivity contribution in [2.24, 2.45) is 0 Å². The average molecular weight is 423 g/mol. The Morgan fingerprint density at radius 1 is 1.00 bits per heavy atom. The van der Waals surface area contributed by atoms with Gasteiger partial charge in [0, 0.05) is 50.3 Å². The molecule has 0 atom stereocenters. The van der Waals surface area contributed by atoms with Crippen molar-refractivity contribution < 1.29 is 13.9 Å². The first-order valence-electron chi connectivity index (χ1n) is 10.3. The maximum Gasteiger partial charge on any atom is 0.410 e. The Kier molecular flexibility index (Phi) is 5.63. The van der Waals surface area contributed by atoms with Crippen LogP contribution in [0.4, 0.5) is 15.0 Å². The zero-order valence-corrected chi connectivity index (χ0v) is 18.0. The fraction of sp³-hybridized carbons (Fsp3) is 0.348. The fourth-order valence-electron chi connectivity index (χ4n) is 3.49. The molecule has 1 aromatic carbocycles. The van der Waals surface area contributed by atoms with Crippen molar-refractivity contribution in [3.63, 3.8) is 0 Å². The number of hydrogen-bond donors (Lipinski definition) is 0. The predicted octanol–water partition coefficient (Wildman–Crippen LogP) is 4.13. The van der Waals surface area contributed by atoms with Gasteiger partial charge in [-0.1, -0.05) is 0 Å². The lowest BCUT2D eigenvalue weighted by atomic mass is 10.1. The predicted molar refractivity (Wildman–Crippen MR) is 117 cm³/mol. The molecule has 31 heavy (non-hydrogen) atoms. The normalized spacial score (nSPS) is 14.6. The molecule has 0 aliphatic carbocycles. The van der Waals surface area contributed by atoms with E-state index in [4.69, 9.17) is 9.84 Å². The molecule has 4 rings (SSSR count). The zero-order chi connectivity index (χ0) is 22.0. The fourth-order valence-corrected chi connectivity index (χ4v) is 3.49. The number of piperazine rings is 1. The number of anilines is 1. The number of hydrogen-bond acceptors (Lipinski definition) is 5. The van der Waals surface area contributed by atoms with Crippen molar-refractivity contribution in [3.8, 4) is 16.8 Å². The highest BCUT2D eigenvalue weighted by molar-refractivity contribution is 5.76. The van der Waals surface area contributed by atoms with E-state index in [-0.39, 0.29) is 11.9 Å². The van der Waals surface area contributed by atoms with Crippen LogP contribution in [0.25, 0.3) is 16.8 Å². The SMILES string of the molecule is CC(C)(C)OC(=O)N1CCN(c2nn(-c3ccc(F)cc3)cc2-c2ccncc2)CC1. The van der Waals surface area contributed by atoms with Crippen LogP contribution in [-0.4, -0.2) is 57.5 Å². The number of ether oxygens (including phenoxy) is 1. The molecule has 3 heterocycles. The Balaban J connectivity index is 1.59. The Morgan fingerprint density at radius 2 is 1.65 bits per heavy atom. The summed E-state index contributed by atoms with van der Waals surface area (Å²) in [4.78, 5) is 20.4. The number of rotatable bonds is 3. The third-order valence-corrected chi connectivity index (χ3v) is 5.01. The van der Waals surface area contributed by atoms with Crippen LogP contribution in [0.3, 0.4) is 0 Å². The van der Waals surface area contributed by atoms with Gasteiger partial charge in [0.1, 0.15) is 11.4 Å². The summed E-state index contributed by atoms with van der Waals surface area (Å²) < 4.78 is 20.6. The average Bonchev–Trinajstić information content (AvgIpc) is 3.19. The van der Waals surface area contributed by atoms with Crippen LogP contribution in [0.5, 0.6) is 0 Å². The van der Waals surface area contributed by atoms with Crippen LogP contribution < -0.4 is 4.90 Å². The van der Waals surface area contributed by atoms with E-state index in [9.17, 15) is 9.18 Å². The molecule has 0 saturated carbocycles. The topological polar surface area (TPSA) is 63.5 Å². The summed E-state index contributed by atoms with van der Waals surface area (Å²) in [6.07, 6.45) is 5.14. The molecule has 1 aliphatic rings. The molecule has 2 aromatic heterocycles. The maximum absolute atomic E-state index is 13.4. The number of carbonyl (C=O) groups excluding carboxylic acids is 1. The molecular weight excluding hydrogens is 397 g/mol. The summed E-state index contributed by atoms with van der Waals surface area (Å²) in [6.45, 7) is 7.97. The second-order valence-electron chi connectivity index (χ2n) is 8.48. The number of amides is 1. The van der Waals surface area contributed by atoms with Crippen LogP contribution in [0, 0.1) is 5.82 Å². The molecule has 0 N–H and O–H groups in total.